The number of guanidine groups is 1. The second-order valence-electron chi connectivity index (χ2n) is 4.28. The second-order valence-corrected chi connectivity index (χ2v) is 4.28. The summed E-state index contributed by atoms with van der Waals surface area (Å²) in [6.45, 7) is 7.95. The molecule has 5 heteroatoms. The summed E-state index contributed by atoms with van der Waals surface area (Å²) in [4.78, 5) is 15.1. The Morgan fingerprint density at radius 2 is 2.18 bits per heavy atom. The molecule has 3 N–H and O–H groups in total. The minimum Gasteiger partial charge on any atom is -0.466 e. The van der Waals surface area contributed by atoms with Crippen LogP contribution in [0.3, 0.4) is 0 Å². The standard InChI is InChI=1S/C12H25N3O2/c1-4-17-11(16)6-5-8-14-12(13)15-9-7-10(2)3/h10H,4-9H2,1-3H3,(H3,13,14,15). The fourth-order valence-corrected chi connectivity index (χ4v) is 1.20. The molecule has 0 saturated carbocycles. The van der Waals surface area contributed by atoms with Crippen LogP contribution in [0.15, 0.2) is 4.99 Å². The number of hydrogen-bond donors (Lipinski definition) is 2. The molecule has 0 fully saturated rings. The van der Waals surface area contributed by atoms with Gasteiger partial charge in [-0.2, -0.15) is 0 Å². The van der Waals surface area contributed by atoms with Crippen molar-refractivity contribution in [3.05, 3.63) is 0 Å². The zero-order chi connectivity index (χ0) is 13.1. The van der Waals surface area contributed by atoms with Crippen LogP contribution < -0.4 is 11.1 Å². The number of aliphatic imine (C=N–C) groups is 1. The van der Waals surface area contributed by atoms with Crippen LogP contribution in [0.4, 0.5) is 0 Å². The Bertz CT molecular complexity index is 240. The average molecular weight is 243 g/mol. The van der Waals surface area contributed by atoms with Crippen molar-refractivity contribution < 1.29 is 9.53 Å². The number of hydrogen-bond acceptors (Lipinski definition) is 3. The molecular formula is C12H25N3O2. The summed E-state index contributed by atoms with van der Waals surface area (Å²) in [6, 6.07) is 0. The van der Waals surface area contributed by atoms with E-state index in [1.165, 1.54) is 0 Å². The van der Waals surface area contributed by atoms with Gasteiger partial charge in [-0.1, -0.05) is 13.8 Å². The van der Waals surface area contributed by atoms with Crippen LogP contribution in [0.25, 0.3) is 0 Å². The summed E-state index contributed by atoms with van der Waals surface area (Å²) in [6.07, 6.45) is 2.14. The lowest BCUT2D eigenvalue weighted by Gasteiger charge is -2.07. The fraction of sp³-hybridized carbons (Fsp3) is 0.833. The van der Waals surface area contributed by atoms with E-state index in [1.54, 1.807) is 6.92 Å². The van der Waals surface area contributed by atoms with Crippen LogP contribution in [0.1, 0.15) is 40.0 Å². The third kappa shape index (κ3) is 11.0. The molecule has 0 heterocycles. The van der Waals surface area contributed by atoms with Gasteiger partial charge in [-0.3, -0.25) is 9.79 Å². The van der Waals surface area contributed by atoms with Gasteiger partial charge in [0.25, 0.3) is 0 Å². The van der Waals surface area contributed by atoms with Crippen LogP contribution in [-0.2, 0) is 9.53 Å². The number of carbonyl (C=O) groups is 1. The summed E-state index contributed by atoms with van der Waals surface area (Å²) in [5.41, 5.74) is 5.66. The Balaban J connectivity index is 3.52. The minimum atomic E-state index is -0.172. The molecule has 0 amide bonds. The molecule has 0 aromatic rings. The summed E-state index contributed by atoms with van der Waals surface area (Å²) >= 11 is 0. The summed E-state index contributed by atoms with van der Waals surface area (Å²) in [7, 11) is 0. The van der Waals surface area contributed by atoms with Crippen molar-refractivity contribution in [3.8, 4) is 0 Å². The molecule has 0 unspecified atom stereocenters. The van der Waals surface area contributed by atoms with Crippen molar-refractivity contribution >= 4 is 11.9 Å². The molecule has 0 radical (unpaired) electrons. The van der Waals surface area contributed by atoms with E-state index in [0.29, 0.717) is 37.9 Å². The van der Waals surface area contributed by atoms with Crippen LogP contribution in [0.2, 0.25) is 0 Å². The SMILES string of the molecule is CCOC(=O)CCCN=C(N)NCCC(C)C. The molecule has 0 bridgehead atoms. The van der Waals surface area contributed by atoms with Crippen LogP contribution in [-0.4, -0.2) is 31.6 Å². The van der Waals surface area contributed by atoms with Gasteiger partial charge in [-0.15, -0.1) is 0 Å². The topological polar surface area (TPSA) is 76.7 Å². The third-order valence-corrected chi connectivity index (χ3v) is 2.15. The maximum atomic E-state index is 11.0. The quantitative estimate of drug-likeness (QED) is 0.291. The highest BCUT2D eigenvalue weighted by Crippen LogP contribution is 1.96. The Hall–Kier alpha value is -1.26. The van der Waals surface area contributed by atoms with Crippen LogP contribution >= 0.6 is 0 Å². The third-order valence-electron chi connectivity index (χ3n) is 2.15. The molecule has 0 spiro atoms. The number of nitrogens with zero attached hydrogens (tertiary/aromatic N) is 1. The molecule has 0 rings (SSSR count). The Kier molecular flexibility index (Phi) is 9.19. The maximum absolute atomic E-state index is 11.0. The largest absolute Gasteiger partial charge is 0.466 e. The predicted molar refractivity (Wildman–Crippen MR) is 69.8 cm³/mol. The van der Waals surface area contributed by atoms with Crippen molar-refractivity contribution in [2.75, 3.05) is 19.7 Å². The van der Waals surface area contributed by atoms with Gasteiger partial charge in [-0.25, -0.2) is 0 Å². The van der Waals surface area contributed by atoms with Crippen molar-refractivity contribution in [2.24, 2.45) is 16.6 Å². The van der Waals surface area contributed by atoms with Gasteiger partial charge in [0.05, 0.1) is 6.61 Å². The lowest BCUT2D eigenvalue weighted by molar-refractivity contribution is -0.143. The van der Waals surface area contributed by atoms with E-state index >= 15 is 0 Å². The first-order chi connectivity index (χ1) is 8.06. The lowest BCUT2D eigenvalue weighted by atomic mass is 10.1. The molecule has 0 aliphatic carbocycles. The second kappa shape index (κ2) is 9.93. The van der Waals surface area contributed by atoms with E-state index in [1.807, 2.05) is 0 Å². The first-order valence-electron chi connectivity index (χ1n) is 6.25. The molecule has 5 nitrogen and oxygen atoms in total. The predicted octanol–water partition coefficient (Wildman–Crippen LogP) is 1.28. The molecule has 0 aromatic heterocycles. The van der Waals surface area contributed by atoms with Crippen molar-refractivity contribution in [2.45, 2.75) is 40.0 Å². The molecule has 0 aliphatic heterocycles. The molecular weight excluding hydrogens is 218 g/mol. The monoisotopic (exact) mass is 243 g/mol. The number of rotatable bonds is 8. The molecule has 0 aliphatic rings. The van der Waals surface area contributed by atoms with Crippen molar-refractivity contribution in [1.82, 2.24) is 5.32 Å². The van der Waals surface area contributed by atoms with Gasteiger partial charge >= 0.3 is 5.97 Å². The Labute approximate surface area is 104 Å². The highest BCUT2D eigenvalue weighted by atomic mass is 16.5. The van der Waals surface area contributed by atoms with E-state index in [9.17, 15) is 4.79 Å². The molecule has 0 saturated heterocycles. The number of esters is 1. The number of ether oxygens (including phenoxy) is 1. The highest BCUT2D eigenvalue weighted by Gasteiger charge is 2.00. The van der Waals surface area contributed by atoms with Crippen LogP contribution in [0.5, 0.6) is 0 Å². The van der Waals surface area contributed by atoms with Crippen molar-refractivity contribution in [1.29, 1.82) is 0 Å². The molecule has 0 atom stereocenters. The van der Waals surface area contributed by atoms with Crippen LogP contribution in [0, 0.1) is 5.92 Å². The highest BCUT2D eigenvalue weighted by molar-refractivity contribution is 5.77. The Morgan fingerprint density at radius 1 is 1.47 bits per heavy atom. The van der Waals surface area contributed by atoms with Gasteiger partial charge in [-0.05, 0) is 25.7 Å². The van der Waals surface area contributed by atoms with E-state index in [2.05, 4.69) is 24.2 Å². The fourth-order valence-electron chi connectivity index (χ4n) is 1.20. The van der Waals surface area contributed by atoms with Gasteiger partial charge in [0.15, 0.2) is 5.96 Å². The average Bonchev–Trinajstić information content (AvgIpc) is 2.24. The first kappa shape index (κ1) is 15.7. The number of carbonyl (C=O) groups excluding carboxylic acids is 1. The van der Waals surface area contributed by atoms with E-state index < -0.39 is 0 Å². The molecule has 17 heavy (non-hydrogen) atoms. The normalized spacial score (nSPS) is 11.6. The van der Waals surface area contributed by atoms with Gasteiger partial charge < -0.3 is 15.8 Å². The summed E-state index contributed by atoms with van der Waals surface area (Å²) in [5, 5.41) is 3.04. The van der Waals surface area contributed by atoms with Gasteiger partial charge in [0, 0.05) is 19.5 Å². The smallest absolute Gasteiger partial charge is 0.305 e. The van der Waals surface area contributed by atoms with Crippen molar-refractivity contribution in [3.63, 3.8) is 0 Å². The van der Waals surface area contributed by atoms with E-state index in [4.69, 9.17) is 10.5 Å². The summed E-state index contributed by atoms with van der Waals surface area (Å²) < 4.78 is 4.81. The maximum Gasteiger partial charge on any atom is 0.305 e. The minimum absolute atomic E-state index is 0.172. The van der Waals surface area contributed by atoms with Gasteiger partial charge in [0.2, 0.25) is 0 Å². The zero-order valence-corrected chi connectivity index (χ0v) is 11.2. The van der Waals surface area contributed by atoms with Gasteiger partial charge in [0.1, 0.15) is 0 Å². The van der Waals surface area contributed by atoms with E-state index in [-0.39, 0.29) is 5.97 Å². The molecule has 100 valence electrons. The molecule has 0 aromatic carbocycles. The number of nitrogens with one attached hydrogen (secondary N) is 1. The lowest BCUT2D eigenvalue weighted by Crippen LogP contribution is -2.33. The summed E-state index contributed by atoms with van der Waals surface area (Å²) in [5.74, 6) is 0.933. The first-order valence-corrected chi connectivity index (χ1v) is 6.25. The zero-order valence-electron chi connectivity index (χ0n) is 11.2. The Morgan fingerprint density at radius 3 is 2.76 bits per heavy atom. The van der Waals surface area contributed by atoms with E-state index in [0.717, 1.165) is 13.0 Å². The number of nitrogens with two attached hydrogens (primary N) is 1.